The molecule has 0 aliphatic carbocycles. The minimum atomic E-state index is -4.46. The minimum absolute atomic E-state index is 0.123. The van der Waals surface area contributed by atoms with E-state index in [1.165, 1.54) is 24.4 Å². The topological polar surface area (TPSA) is 22.1 Å². The number of alkyl halides is 3. The molecule has 0 saturated carbocycles. The van der Waals surface area contributed by atoms with Crippen LogP contribution in [0, 0.1) is 6.92 Å². The molecule has 0 N–H and O–H groups in total. The highest BCUT2D eigenvalue weighted by Crippen LogP contribution is 2.37. The van der Waals surface area contributed by atoms with Gasteiger partial charge in [-0.3, -0.25) is 0 Å². The Morgan fingerprint density at radius 1 is 1.21 bits per heavy atom. The molecular weight excluding hydrogens is 323 g/mol. The number of halogens is 4. The molecule has 0 spiro atoms. The molecule has 0 radical (unpaired) electrons. The summed E-state index contributed by atoms with van der Waals surface area (Å²) in [5.74, 6) is -0.137. The zero-order valence-corrected chi connectivity index (χ0v) is 11.4. The Morgan fingerprint density at radius 3 is 2.53 bits per heavy atom. The smallest absolute Gasteiger partial charge is 0.419 e. The molecule has 2 rings (SSSR count). The van der Waals surface area contributed by atoms with E-state index in [9.17, 15) is 13.2 Å². The molecule has 2 aromatic rings. The third kappa shape index (κ3) is 3.26. The molecule has 0 atom stereocenters. The lowest BCUT2D eigenvalue weighted by atomic mass is 10.2. The van der Waals surface area contributed by atoms with E-state index in [2.05, 4.69) is 20.9 Å². The summed E-state index contributed by atoms with van der Waals surface area (Å²) in [4.78, 5) is 3.92. The molecule has 19 heavy (non-hydrogen) atoms. The summed E-state index contributed by atoms with van der Waals surface area (Å²) in [6, 6.07) is 6.60. The van der Waals surface area contributed by atoms with Gasteiger partial charge in [0.25, 0.3) is 0 Å². The van der Waals surface area contributed by atoms with Crippen molar-refractivity contribution in [3.63, 3.8) is 0 Å². The van der Waals surface area contributed by atoms with Crippen molar-refractivity contribution in [2.45, 2.75) is 13.1 Å². The molecule has 1 heterocycles. The lowest BCUT2D eigenvalue weighted by Crippen LogP contribution is -2.07. The maximum Gasteiger partial charge on any atom is 0.419 e. The van der Waals surface area contributed by atoms with E-state index in [1.54, 1.807) is 13.0 Å². The van der Waals surface area contributed by atoms with Crippen molar-refractivity contribution in [3.05, 3.63) is 52.1 Å². The molecule has 0 aliphatic heterocycles. The number of aromatic nitrogens is 1. The van der Waals surface area contributed by atoms with Gasteiger partial charge in [0.1, 0.15) is 5.75 Å². The Bertz CT molecular complexity index is 599. The number of para-hydroxylation sites is 1. The van der Waals surface area contributed by atoms with E-state index in [-0.39, 0.29) is 11.6 Å². The van der Waals surface area contributed by atoms with Gasteiger partial charge in [-0.15, -0.1) is 0 Å². The number of pyridine rings is 1. The maximum absolute atomic E-state index is 12.8. The average Bonchev–Trinajstić information content (AvgIpc) is 2.33. The van der Waals surface area contributed by atoms with Crippen molar-refractivity contribution in [2.24, 2.45) is 0 Å². The van der Waals surface area contributed by atoms with Gasteiger partial charge in [-0.1, -0.05) is 12.1 Å². The zero-order valence-electron chi connectivity index (χ0n) is 9.83. The van der Waals surface area contributed by atoms with Crippen LogP contribution >= 0.6 is 15.9 Å². The van der Waals surface area contributed by atoms with E-state index < -0.39 is 11.7 Å². The first-order valence-corrected chi connectivity index (χ1v) is 6.13. The zero-order chi connectivity index (χ0) is 14.0. The second-order valence-electron chi connectivity index (χ2n) is 3.87. The van der Waals surface area contributed by atoms with Crippen LogP contribution in [0.1, 0.15) is 11.1 Å². The van der Waals surface area contributed by atoms with Crippen molar-refractivity contribution in [3.8, 4) is 11.6 Å². The summed E-state index contributed by atoms with van der Waals surface area (Å²) < 4.78 is 44.3. The van der Waals surface area contributed by atoms with Crippen LogP contribution in [0.2, 0.25) is 0 Å². The van der Waals surface area contributed by atoms with Gasteiger partial charge >= 0.3 is 6.18 Å². The summed E-state index contributed by atoms with van der Waals surface area (Å²) >= 11 is 3.26. The van der Waals surface area contributed by atoms with Crippen molar-refractivity contribution in [2.75, 3.05) is 0 Å². The average molecular weight is 332 g/mol. The van der Waals surface area contributed by atoms with Crippen molar-refractivity contribution in [1.82, 2.24) is 4.98 Å². The van der Waals surface area contributed by atoms with Crippen molar-refractivity contribution < 1.29 is 17.9 Å². The summed E-state index contributed by atoms with van der Waals surface area (Å²) in [6.45, 7) is 1.80. The van der Waals surface area contributed by atoms with Gasteiger partial charge in [0, 0.05) is 16.7 Å². The second kappa shape index (κ2) is 5.21. The number of hydrogen-bond acceptors (Lipinski definition) is 2. The highest BCUT2D eigenvalue weighted by molar-refractivity contribution is 9.10. The van der Waals surface area contributed by atoms with Gasteiger partial charge < -0.3 is 4.74 Å². The lowest BCUT2D eigenvalue weighted by molar-refractivity contribution is -0.138. The van der Waals surface area contributed by atoms with Crippen molar-refractivity contribution in [1.29, 1.82) is 0 Å². The van der Waals surface area contributed by atoms with Gasteiger partial charge in [0.15, 0.2) is 0 Å². The fraction of sp³-hybridized carbons (Fsp3) is 0.154. The molecule has 6 heteroatoms. The van der Waals surface area contributed by atoms with E-state index in [1.807, 2.05) is 0 Å². The first-order chi connectivity index (χ1) is 8.88. The molecule has 0 fully saturated rings. The summed E-state index contributed by atoms with van der Waals surface area (Å²) in [7, 11) is 0. The number of ether oxygens (including phenoxy) is 1. The standard InChI is InChI=1S/C13H9BrF3NO/c1-8-6-12(18-7-10(8)14)19-11-5-3-2-4-9(11)13(15,16)17/h2-7H,1H3. The Morgan fingerprint density at radius 2 is 1.89 bits per heavy atom. The molecule has 1 aromatic heterocycles. The minimum Gasteiger partial charge on any atom is -0.438 e. The maximum atomic E-state index is 12.8. The Hall–Kier alpha value is -1.56. The summed E-state index contributed by atoms with van der Waals surface area (Å²) in [6.07, 6.45) is -2.97. The van der Waals surface area contributed by atoms with Crippen LogP contribution in [0.15, 0.2) is 41.0 Å². The molecule has 1 aromatic carbocycles. The van der Waals surface area contributed by atoms with Gasteiger partial charge in [0.05, 0.1) is 5.56 Å². The van der Waals surface area contributed by atoms with E-state index in [4.69, 9.17) is 4.74 Å². The molecule has 0 saturated heterocycles. The second-order valence-corrected chi connectivity index (χ2v) is 4.72. The quantitative estimate of drug-likeness (QED) is 0.775. The van der Waals surface area contributed by atoms with E-state index in [0.29, 0.717) is 0 Å². The first-order valence-electron chi connectivity index (χ1n) is 5.34. The fourth-order valence-corrected chi connectivity index (χ4v) is 1.69. The van der Waals surface area contributed by atoms with Crippen molar-refractivity contribution >= 4 is 15.9 Å². The van der Waals surface area contributed by atoms with Crippen LogP contribution in [0.3, 0.4) is 0 Å². The Kier molecular flexibility index (Phi) is 3.80. The van der Waals surface area contributed by atoms with Crippen LogP contribution < -0.4 is 4.74 Å². The molecular formula is C13H9BrF3NO. The predicted molar refractivity (Wildman–Crippen MR) is 68.2 cm³/mol. The fourth-order valence-electron chi connectivity index (χ4n) is 1.47. The summed E-state index contributed by atoms with van der Waals surface area (Å²) in [5, 5.41) is 0. The number of rotatable bonds is 2. The third-order valence-corrected chi connectivity index (χ3v) is 3.26. The molecule has 0 bridgehead atoms. The predicted octanol–water partition coefficient (Wildman–Crippen LogP) is 4.96. The van der Waals surface area contributed by atoms with Gasteiger partial charge in [-0.25, -0.2) is 4.98 Å². The van der Waals surface area contributed by atoms with Crippen LogP contribution in [-0.4, -0.2) is 4.98 Å². The molecule has 0 unspecified atom stereocenters. The van der Waals surface area contributed by atoms with Crippen LogP contribution in [0.25, 0.3) is 0 Å². The number of benzene rings is 1. The van der Waals surface area contributed by atoms with E-state index in [0.717, 1.165) is 16.1 Å². The van der Waals surface area contributed by atoms with E-state index >= 15 is 0 Å². The van der Waals surface area contributed by atoms with Gasteiger partial charge in [-0.05, 0) is 40.5 Å². The monoisotopic (exact) mass is 331 g/mol. The SMILES string of the molecule is Cc1cc(Oc2ccccc2C(F)(F)F)ncc1Br. The summed E-state index contributed by atoms with van der Waals surface area (Å²) in [5.41, 5.74) is 0.00635. The normalized spacial score (nSPS) is 11.4. The number of aryl methyl sites for hydroxylation is 1. The largest absolute Gasteiger partial charge is 0.438 e. The highest BCUT2D eigenvalue weighted by Gasteiger charge is 2.34. The lowest BCUT2D eigenvalue weighted by Gasteiger charge is -2.13. The van der Waals surface area contributed by atoms with Crippen LogP contribution in [0.4, 0.5) is 13.2 Å². The third-order valence-electron chi connectivity index (χ3n) is 2.43. The van der Waals surface area contributed by atoms with Crippen LogP contribution in [0.5, 0.6) is 11.6 Å². The Balaban J connectivity index is 2.36. The number of hydrogen-bond donors (Lipinski definition) is 0. The molecule has 100 valence electrons. The van der Waals surface area contributed by atoms with Gasteiger partial charge in [0.2, 0.25) is 5.88 Å². The number of nitrogens with zero attached hydrogens (tertiary/aromatic N) is 1. The molecule has 2 nitrogen and oxygen atoms in total. The Labute approximate surface area is 116 Å². The molecule has 0 aliphatic rings. The molecule has 0 amide bonds. The van der Waals surface area contributed by atoms with Crippen LogP contribution in [-0.2, 0) is 6.18 Å². The highest BCUT2D eigenvalue weighted by atomic mass is 79.9. The first kappa shape index (κ1) is 13.9. The van der Waals surface area contributed by atoms with Gasteiger partial charge in [-0.2, -0.15) is 13.2 Å².